The van der Waals surface area contributed by atoms with E-state index in [1.54, 1.807) is 0 Å². The lowest BCUT2D eigenvalue weighted by Crippen LogP contribution is -2.47. The first-order valence-corrected chi connectivity index (χ1v) is 22.4. The molecule has 6 nitrogen and oxygen atoms in total. The monoisotopic (exact) mass is 706 g/mol. The highest BCUT2D eigenvalue weighted by molar-refractivity contribution is 5.87. The van der Waals surface area contributed by atoms with Gasteiger partial charge in [-0.1, -0.05) is 194 Å². The number of unbranched alkanes of at least 4 members (excludes halogenated alkanes) is 28. The molecule has 50 heavy (non-hydrogen) atoms. The minimum Gasteiger partial charge on any atom is -0.356 e. The molecule has 0 aliphatic heterocycles. The Balaban J connectivity index is 4.07. The van der Waals surface area contributed by atoms with E-state index in [9.17, 15) is 14.4 Å². The fraction of sp³-hybridized carbons (Fsp3) is 0.932. The van der Waals surface area contributed by atoms with Crippen molar-refractivity contribution in [1.82, 2.24) is 16.0 Å². The number of nitrogens with one attached hydrogen (secondary N) is 3. The molecule has 0 heterocycles. The third-order valence-electron chi connectivity index (χ3n) is 10.2. The van der Waals surface area contributed by atoms with Gasteiger partial charge in [-0.15, -0.1) is 0 Å². The molecule has 0 saturated heterocycles. The molecule has 0 bridgehead atoms. The van der Waals surface area contributed by atoms with Crippen molar-refractivity contribution in [1.29, 1.82) is 0 Å². The highest BCUT2D eigenvalue weighted by Gasteiger charge is 2.20. The van der Waals surface area contributed by atoms with Crippen molar-refractivity contribution in [3.05, 3.63) is 0 Å². The standard InChI is InChI=1S/C44H87N3O3/c1-4-7-10-13-15-17-19-21-23-25-27-29-31-37-42(48)45-39-35-33-36-41(44(50)46-40-34-12-9-6-3)47-43(49)38-32-30-28-26-24-22-20-18-16-14-11-8-5-2/h41H,4-40H2,1-3H3,(H,45,48)(H,46,50)(H,47,49). The molecule has 1 atom stereocenters. The summed E-state index contributed by atoms with van der Waals surface area (Å²) in [6.07, 6.45) is 41.5. The summed E-state index contributed by atoms with van der Waals surface area (Å²) >= 11 is 0. The Morgan fingerprint density at radius 2 is 0.680 bits per heavy atom. The Kier molecular flexibility index (Phi) is 38.9. The van der Waals surface area contributed by atoms with Crippen LogP contribution >= 0.6 is 0 Å². The average Bonchev–Trinajstić information content (AvgIpc) is 3.11. The third kappa shape index (κ3) is 36.2. The van der Waals surface area contributed by atoms with Crippen LogP contribution in [0.5, 0.6) is 0 Å². The summed E-state index contributed by atoms with van der Waals surface area (Å²) in [5.41, 5.74) is 0. The van der Waals surface area contributed by atoms with Gasteiger partial charge in [-0.3, -0.25) is 14.4 Å². The zero-order valence-corrected chi connectivity index (χ0v) is 34.0. The minimum absolute atomic E-state index is 0.00897. The molecule has 0 aliphatic carbocycles. The van der Waals surface area contributed by atoms with Crippen LogP contribution in [0.25, 0.3) is 0 Å². The van der Waals surface area contributed by atoms with Gasteiger partial charge in [0, 0.05) is 25.9 Å². The molecule has 0 rings (SSSR count). The van der Waals surface area contributed by atoms with E-state index >= 15 is 0 Å². The van der Waals surface area contributed by atoms with E-state index in [-0.39, 0.29) is 17.7 Å². The number of hydrogen-bond donors (Lipinski definition) is 3. The van der Waals surface area contributed by atoms with E-state index in [0.717, 1.165) is 51.4 Å². The molecule has 296 valence electrons. The molecule has 0 aromatic carbocycles. The van der Waals surface area contributed by atoms with E-state index in [4.69, 9.17) is 0 Å². The van der Waals surface area contributed by atoms with Gasteiger partial charge in [0.05, 0.1) is 0 Å². The zero-order chi connectivity index (χ0) is 36.6. The first-order valence-electron chi connectivity index (χ1n) is 22.4. The number of amides is 3. The summed E-state index contributed by atoms with van der Waals surface area (Å²) in [5.74, 6) is 0.0672. The number of rotatable bonds is 40. The number of hydrogen-bond acceptors (Lipinski definition) is 3. The van der Waals surface area contributed by atoms with Crippen LogP contribution in [0.3, 0.4) is 0 Å². The molecular weight excluding hydrogens is 619 g/mol. The highest BCUT2D eigenvalue weighted by Crippen LogP contribution is 2.15. The Labute approximate surface area is 312 Å². The minimum atomic E-state index is -0.489. The van der Waals surface area contributed by atoms with Crippen molar-refractivity contribution < 1.29 is 14.4 Å². The molecule has 0 aliphatic rings. The lowest BCUT2D eigenvalue weighted by atomic mass is 10.0. The number of carbonyl (C=O) groups excluding carboxylic acids is 3. The van der Waals surface area contributed by atoms with Crippen LogP contribution in [0.4, 0.5) is 0 Å². The van der Waals surface area contributed by atoms with Gasteiger partial charge in [0.25, 0.3) is 0 Å². The highest BCUT2D eigenvalue weighted by atomic mass is 16.2. The van der Waals surface area contributed by atoms with Crippen molar-refractivity contribution in [2.45, 2.75) is 252 Å². The van der Waals surface area contributed by atoms with Gasteiger partial charge >= 0.3 is 0 Å². The molecule has 0 fully saturated rings. The normalized spacial score (nSPS) is 11.8. The Bertz CT molecular complexity index is 744. The molecule has 0 spiro atoms. The molecular formula is C44H87N3O3. The van der Waals surface area contributed by atoms with Crippen molar-refractivity contribution in [2.24, 2.45) is 0 Å². The maximum atomic E-state index is 13.0. The van der Waals surface area contributed by atoms with E-state index in [2.05, 4.69) is 36.7 Å². The van der Waals surface area contributed by atoms with Gasteiger partial charge in [0.15, 0.2) is 0 Å². The molecule has 3 N–H and O–H groups in total. The van der Waals surface area contributed by atoms with Gasteiger partial charge < -0.3 is 16.0 Å². The first kappa shape index (κ1) is 48.4. The Hall–Kier alpha value is -1.59. The third-order valence-corrected chi connectivity index (χ3v) is 10.2. The van der Waals surface area contributed by atoms with Crippen molar-refractivity contribution in [3.8, 4) is 0 Å². The SMILES string of the molecule is CCCCCCCCCCCCCCCC(=O)NCCCCC(NC(=O)CCCCCCCCCCCCCCC)C(=O)NCCCCCC. The quantitative estimate of drug-likeness (QED) is 0.0555. The molecule has 0 aromatic rings. The van der Waals surface area contributed by atoms with Crippen LogP contribution in [0, 0.1) is 0 Å². The lowest BCUT2D eigenvalue weighted by molar-refractivity contribution is -0.129. The largest absolute Gasteiger partial charge is 0.356 e. The molecule has 3 amide bonds. The van der Waals surface area contributed by atoms with Crippen LogP contribution in [-0.2, 0) is 14.4 Å². The van der Waals surface area contributed by atoms with Gasteiger partial charge in [-0.05, 0) is 38.5 Å². The van der Waals surface area contributed by atoms with Crippen molar-refractivity contribution in [2.75, 3.05) is 13.1 Å². The van der Waals surface area contributed by atoms with Crippen molar-refractivity contribution in [3.63, 3.8) is 0 Å². The summed E-state index contributed by atoms with van der Waals surface area (Å²) in [5, 5.41) is 9.16. The molecule has 6 heteroatoms. The van der Waals surface area contributed by atoms with E-state index in [1.807, 2.05) is 0 Å². The second kappa shape index (κ2) is 40.2. The summed E-state index contributed by atoms with van der Waals surface area (Å²) in [4.78, 5) is 38.1. The van der Waals surface area contributed by atoms with E-state index < -0.39 is 6.04 Å². The fourth-order valence-electron chi connectivity index (χ4n) is 6.82. The predicted molar refractivity (Wildman–Crippen MR) is 217 cm³/mol. The van der Waals surface area contributed by atoms with Crippen LogP contribution in [0.15, 0.2) is 0 Å². The molecule has 1 unspecified atom stereocenters. The lowest BCUT2D eigenvalue weighted by Gasteiger charge is -2.19. The van der Waals surface area contributed by atoms with E-state index in [1.165, 1.54) is 154 Å². The topological polar surface area (TPSA) is 87.3 Å². The maximum absolute atomic E-state index is 13.0. The van der Waals surface area contributed by atoms with Crippen LogP contribution < -0.4 is 16.0 Å². The fourth-order valence-corrected chi connectivity index (χ4v) is 6.82. The summed E-state index contributed by atoms with van der Waals surface area (Å²) in [6.45, 7) is 8.03. The number of carbonyl (C=O) groups is 3. The smallest absolute Gasteiger partial charge is 0.242 e. The van der Waals surface area contributed by atoms with E-state index in [0.29, 0.717) is 32.4 Å². The Morgan fingerprint density at radius 3 is 1.10 bits per heavy atom. The summed E-state index contributed by atoms with van der Waals surface area (Å²) < 4.78 is 0. The zero-order valence-electron chi connectivity index (χ0n) is 34.0. The molecule has 0 radical (unpaired) electrons. The van der Waals surface area contributed by atoms with Gasteiger partial charge in [0.2, 0.25) is 17.7 Å². The van der Waals surface area contributed by atoms with Crippen LogP contribution in [0.1, 0.15) is 245 Å². The van der Waals surface area contributed by atoms with Gasteiger partial charge in [-0.2, -0.15) is 0 Å². The van der Waals surface area contributed by atoms with Gasteiger partial charge in [0.1, 0.15) is 6.04 Å². The van der Waals surface area contributed by atoms with Crippen LogP contribution in [0.2, 0.25) is 0 Å². The summed E-state index contributed by atoms with van der Waals surface area (Å²) in [7, 11) is 0. The second-order valence-electron chi connectivity index (χ2n) is 15.3. The Morgan fingerprint density at radius 1 is 0.360 bits per heavy atom. The van der Waals surface area contributed by atoms with Crippen molar-refractivity contribution >= 4 is 17.7 Å². The average molecular weight is 706 g/mol. The first-order chi connectivity index (χ1) is 24.5. The molecule has 0 saturated carbocycles. The van der Waals surface area contributed by atoms with Gasteiger partial charge in [-0.25, -0.2) is 0 Å². The second-order valence-corrected chi connectivity index (χ2v) is 15.3. The summed E-state index contributed by atoms with van der Waals surface area (Å²) in [6, 6.07) is -0.489. The predicted octanol–water partition coefficient (Wildman–Crippen LogP) is 12.4. The maximum Gasteiger partial charge on any atom is 0.242 e. The molecule has 0 aromatic heterocycles. The van der Waals surface area contributed by atoms with Crippen LogP contribution in [-0.4, -0.2) is 36.9 Å².